The Morgan fingerprint density at radius 2 is 2.00 bits per heavy atom. The molecule has 1 aromatic heterocycles. The Balaban J connectivity index is 1.20. The zero-order chi connectivity index (χ0) is 24.5. The van der Waals surface area contributed by atoms with Gasteiger partial charge in [0.2, 0.25) is 17.7 Å². The molecule has 0 bridgehead atoms. The molecule has 0 spiro atoms. The predicted octanol–water partition coefficient (Wildman–Crippen LogP) is 2.42. The van der Waals surface area contributed by atoms with Gasteiger partial charge in [0.05, 0.1) is 5.69 Å². The van der Waals surface area contributed by atoms with Crippen LogP contribution in [0.3, 0.4) is 0 Å². The van der Waals surface area contributed by atoms with Crippen molar-refractivity contribution < 1.29 is 19.2 Å². The highest BCUT2D eigenvalue weighted by Crippen LogP contribution is 2.28. The van der Waals surface area contributed by atoms with E-state index in [4.69, 9.17) is 0 Å². The number of hydrogen-bond acceptors (Lipinski definition) is 5. The molecule has 1 atom stereocenters. The van der Waals surface area contributed by atoms with Crippen LogP contribution in [-0.4, -0.2) is 44.4 Å². The van der Waals surface area contributed by atoms with Crippen molar-refractivity contribution in [2.75, 3.05) is 5.32 Å². The van der Waals surface area contributed by atoms with Crippen LogP contribution in [0.5, 0.6) is 0 Å². The van der Waals surface area contributed by atoms with Gasteiger partial charge in [-0.05, 0) is 48.2 Å². The van der Waals surface area contributed by atoms with E-state index in [9.17, 15) is 19.2 Å². The van der Waals surface area contributed by atoms with E-state index in [0.29, 0.717) is 37.1 Å². The van der Waals surface area contributed by atoms with E-state index in [1.807, 2.05) is 49.5 Å². The van der Waals surface area contributed by atoms with Crippen molar-refractivity contribution >= 4 is 29.3 Å². The molecule has 0 aliphatic carbocycles. The number of amides is 4. The Bertz CT molecular complexity index is 1350. The fourth-order valence-corrected chi connectivity index (χ4v) is 4.68. The number of aromatic nitrogens is 2. The molecule has 1 saturated heterocycles. The maximum atomic E-state index is 12.8. The Hall–Kier alpha value is -4.27. The zero-order valence-electron chi connectivity index (χ0n) is 19.3. The number of imide groups is 1. The number of aryl methyl sites for hydroxylation is 2. The lowest BCUT2D eigenvalue weighted by Gasteiger charge is -2.29. The Morgan fingerprint density at radius 3 is 2.77 bits per heavy atom. The van der Waals surface area contributed by atoms with Gasteiger partial charge in [-0.25, -0.2) is 0 Å². The third kappa shape index (κ3) is 4.57. The molecule has 2 aromatic carbocycles. The van der Waals surface area contributed by atoms with Crippen LogP contribution in [0.15, 0.2) is 54.7 Å². The molecule has 2 aliphatic heterocycles. The van der Waals surface area contributed by atoms with E-state index in [-0.39, 0.29) is 24.1 Å². The van der Waals surface area contributed by atoms with Crippen molar-refractivity contribution in [1.29, 1.82) is 0 Å². The molecular weight excluding hydrogens is 446 g/mol. The second-order valence-electron chi connectivity index (χ2n) is 8.86. The Morgan fingerprint density at radius 1 is 1.14 bits per heavy atom. The minimum Gasteiger partial charge on any atom is -0.326 e. The smallest absolute Gasteiger partial charge is 0.255 e. The summed E-state index contributed by atoms with van der Waals surface area (Å²) in [5.41, 5.74) is 4.98. The number of nitrogens with one attached hydrogen (secondary N) is 2. The van der Waals surface area contributed by atoms with Gasteiger partial charge in [0.25, 0.3) is 5.91 Å². The molecular formula is C26H25N5O4. The lowest BCUT2D eigenvalue weighted by molar-refractivity contribution is -0.137. The summed E-state index contributed by atoms with van der Waals surface area (Å²) >= 11 is 0. The first kappa shape index (κ1) is 22.5. The van der Waals surface area contributed by atoms with E-state index in [1.165, 1.54) is 4.90 Å². The zero-order valence-corrected chi connectivity index (χ0v) is 19.3. The standard InChI is InChI=1S/C26H25N5O4/c1-30-21(11-12-27-30)17-3-2-4-19(14-17)28-23(32)9-6-16-5-7-20-18(13-16)15-31(26(20)35)22-8-10-24(33)29-25(22)34/h2-5,7,11-14,22H,6,8-10,15H2,1H3,(H,28,32)(H,29,33,34). The van der Waals surface area contributed by atoms with Crippen LogP contribution in [0.4, 0.5) is 5.69 Å². The van der Waals surface area contributed by atoms with Gasteiger partial charge in [0.1, 0.15) is 6.04 Å². The summed E-state index contributed by atoms with van der Waals surface area (Å²) in [6.45, 7) is 0.321. The average molecular weight is 472 g/mol. The second-order valence-corrected chi connectivity index (χ2v) is 8.86. The fourth-order valence-electron chi connectivity index (χ4n) is 4.68. The maximum absolute atomic E-state index is 12.8. The molecule has 2 aliphatic rings. The number of nitrogens with zero attached hydrogens (tertiary/aromatic N) is 3. The number of benzene rings is 2. The molecule has 2 N–H and O–H groups in total. The summed E-state index contributed by atoms with van der Waals surface area (Å²) in [5.74, 6) is -1.03. The molecule has 4 amide bonds. The van der Waals surface area contributed by atoms with Crippen molar-refractivity contribution in [3.8, 4) is 11.3 Å². The normalized spacial score (nSPS) is 17.3. The minimum absolute atomic E-state index is 0.103. The molecule has 3 aromatic rings. The molecule has 1 unspecified atom stereocenters. The van der Waals surface area contributed by atoms with E-state index >= 15 is 0 Å². The van der Waals surface area contributed by atoms with Gasteiger partial charge in [-0.2, -0.15) is 5.10 Å². The molecule has 9 heteroatoms. The first-order valence-electron chi connectivity index (χ1n) is 11.5. The summed E-state index contributed by atoms with van der Waals surface area (Å²) < 4.78 is 1.78. The van der Waals surface area contributed by atoms with E-state index in [0.717, 1.165) is 22.4 Å². The SMILES string of the molecule is Cn1nccc1-c1cccc(NC(=O)CCc2ccc3c(c2)CN(C2CCC(=O)NC2=O)C3=O)c1. The van der Waals surface area contributed by atoms with Gasteiger partial charge < -0.3 is 10.2 Å². The topological polar surface area (TPSA) is 113 Å². The molecule has 178 valence electrons. The average Bonchev–Trinajstić information content (AvgIpc) is 3.41. The quantitative estimate of drug-likeness (QED) is 0.536. The number of hydrogen-bond donors (Lipinski definition) is 2. The first-order valence-corrected chi connectivity index (χ1v) is 11.5. The van der Waals surface area contributed by atoms with Gasteiger partial charge in [0.15, 0.2) is 0 Å². The summed E-state index contributed by atoms with van der Waals surface area (Å²) in [6.07, 6.45) is 3.10. The van der Waals surface area contributed by atoms with E-state index < -0.39 is 11.9 Å². The van der Waals surface area contributed by atoms with Crippen LogP contribution in [0.25, 0.3) is 11.3 Å². The summed E-state index contributed by atoms with van der Waals surface area (Å²) in [6, 6.07) is 14.4. The van der Waals surface area contributed by atoms with Gasteiger partial charge >= 0.3 is 0 Å². The highest BCUT2D eigenvalue weighted by molar-refractivity contribution is 6.05. The number of carbonyl (C=O) groups excluding carboxylic acids is 4. The maximum Gasteiger partial charge on any atom is 0.255 e. The van der Waals surface area contributed by atoms with Crippen molar-refractivity contribution in [3.05, 3.63) is 71.4 Å². The predicted molar refractivity (Wildman–Crippen MR) is 128 cm³/mol. The number of carbonyl (C=O) groups is 4. The van der Waals surface area contributed by atoms with Crippen molar-refractivity contribution in [2.45, 2.75) is 38.3 Å². The van der Waals surface area contributed by atoms with Crippen molar-refractivity contribution in [2.24, 2.45) is 7.05 Å². The first-order chi connectivity index (χ1) is 16.9. The summed E-state index contributed by atoms with van der Waals surface area (Å²) in [5, 5.41) is 9.45. The number of anilines is 1. The Labute approximate surface area is 202 Å². The van der Waals surface area contributed by atoms with Gasteiger partial charge in [-0.3, -0.25) is 29.2 Å². The molecule has 0 saturated carbocycles. The largest absolute Gasteiger partial charge is 0.326 e. The summed E-state index contributed by atoms with van der Waals surface area (Å²) in [7, 11) is 1.87. The van der Waals surface area contributed by atoms with Crippen LogP contribution >= 0.6 is 0 Å². The van der Waals surface area contributed by atoms with Gasteiger partial charge in [0, 0.05) is 49.4 Å². The molecule has 0 radical (unpaired) electrons. The van der Waals surface area contributed by atoms with Crippen molar-refractivity contribution in [1.82, 2.24) is 20.0 Å². The molecule has 1 fully saturated rings. The third-order valence-electron chi connectivity index (χ3n) is 6.49. The van der Waals surface area contributed by atoms with Crippen LogP contribution in [-0.2, 0) is 34.4 Å². The number of fused-ring (bicyclic) bond motifs is 1. The minimum atomic E-state index is -0.635. The second kappa shape index (κ2) is 9.17. The van der Waals surface area contributed by atoms with Crippen LogP contribution in [0.2, 0.25) is 0 Å². The third-order valence-corrected chi connectivity index (χ3v) is 6.49. The van der Waals surface area contributed by atoms with Crippen LogP contribution < -0.4 is 10.6 Å². The van der Waals surface area contributed by atoms with Gasteiger partial charge in [-0.15, -0.1) is 0 Å². The monoisotopic (exact) mass is 471 g/mol. The van der Waals surface area contributed by atoms with Crippen molar-refractivity contribution in [3.63, 3.8) is 0 Å². The highest BCUT2D eigenvalue weighted by Gasteiger charge is 2.39. The fraction of sp³-hybridized carbons (Fsp3) is 0.269. The molecule has 35 heavy (non-hydrogen) atoms. The highest BCUT2D eigenvalue weighted by atomic mass is 16.2. The lowest BCUT2D eigenvalue weighted by atomic mass is 10.0. The summed E-state index contributed by atoms with van der Waals surface area (Å²) in [4.78, 5) is 50.6. The van der Waals surface area contributed by atoms with Crippen LogP contribution in [0.1, 0.15) is 40.7 Å². The molecule has 3 heterocycles. The number of piperidine rings is 1. The van der Waals surface area contributed by atoms with E-state index in [2.05, 4.69) is 15.7 Å². The lowest BCUT2D eigenvalue weighted by Crippen LogP contribution is -2.52. The van der Waals surface area contributed by atoms with Crippen LogP contribution in [0, 0.1) is 0 Å². The molecule has 9 nitrogen and oxygen atoms in total. The van der Waals surface area contributed by atoms with Gasteiger partial charge in [-0.1, -0.05) is 24.3 Å². The molecule has 5 rings (SSSR count). The Kier molecular flexibility index (Phi) is 5.90. The van der Waals surface area contributed by atoms with E-state index in [1.54, 1.807) is 16.9 Å². The number of rotatable bonds is 6.